The largest absolute Gasteiger partial charge is 0.343 e. The molecule has 3 heterocycles. The summed E-state index contributed by atoms with van der Waals surface area (Å²) in [6.07, 6.45) is 11.2. The first-order chi connectivity index (χ1) is 12.8. The maximum atomic E-state index is 12.6. The second-order valence-electron chi connectivity index (χ2n) is 8.31. The number of hydrogen-bond donors (Lipinski definition) is 0. The van der Waals surface area contributed by atoms with Crippen LogP contribution in [0.2, 0.25) is 0 Å². The van der Waals surface area contributed by atoms with Crippen molar-refractivity contribution in [3.63, 3.8) is 0 Å². The smallest absolute Gasteiger partial charge is 0.222 e. The number of piperidine rings is 1. The van der Waals surface area contributed by atoms with Crippen molar-refractivity contribution in [2.75, 3.05) is 13.1 Å². The lowest BCUT2D eigenvalue weighted by Gasteiger charge is -2.31. The Morgan fingerprint density at radius 1 is 1.04 bits per heavy atom. The molecule has 0 bridgehead atoms. The van der Waals surface area contributed by atoms with E-state index < -0.39 is 0 Å². The van der Waals surface area contributed by atoms with Crippen LogP contribution in [0.4, 0.5) is 0 Å². The van der Waals surface area contributed by atoms with E-state index >= 15 is 0 Å². The molecule has 26 heavy (non-hydrogen) atoms. The number of nitrogens with zero attached hydrogens (tertiary/aromatic N) is 5. The van der Waals surface area contributed by atoms with Gasteiger partial charge in [0.05, 0.1) is 5.69 Å². The molecule has 2 fully saturated rings. The predicted molar refractivity (Wildman–Crippen MR) is 97.9 cm³/mol. The van der Waals surface area contributed by atoms with Gasteiger partial charge in [0.15, 0.2) is 11.5 Å². The highest BCUT2D eigenvalue weighted by Gasteiger charge is 2.29. The van der Waals surface area contributed by atoms with Gasteiger partial charge in [0, 0.05) is 25.4 Å². The topological polar surface area (TPSA) is 63.4 Å². The minimum atomic E-state index is 0.354. The fourth-order valence-electron chi connectivity index (χ4n) is 5.03. The van der Waals surface area contributed by atoms with Crippen LogP contribution in [-0.4, -0.2) is 43.7 Å². The summed E-state index contributed by atoms with van der Waals surface area (Å²) in [7, 11) is 0. The molecule has 138 valence electrons. The summed E-state index contributed by atoms with van der Waals surface area (Å²) in [4.78, 5) is 14.6. The van der Waals surface area contributed by atoms with Crippen molar-refractivity contribution in [1.82, 2.24) is 24.7 Å². The monoisotopic (exact) mass is 353 g/mol. The number of hydrogen-bond acceptors (Lipinski definition) is 4. The van der Waals surface area contributed by atoms with Gasteiger partial charge in [0.1, 0.15) is 0 Å². The predicted octanol–water partition coefficient (Wildman–Crippen LogP) is 2.90. The van der Waals surface area contributed by atoms with Crippen LogP contribution in [0.25, 0.3) is 5.65 Å². The summed E-state index contributed by atoms with van der Waals surface area (Å²) in [5.41, 5.74) is 3.42. The normalized spacial score (nSPS) is 21.6. The van der Waals surface area contributed by atoms with Crippen molar-refractivity contribution >= 4 is 11.6 Å². The van der Waals surface area contributed by atoms with Gasteiger partial charge in [0.25, 0.3) is 0 Å². The van der Waals surface area contributed by atoms with Gasteiger partial charge >= 0.3 is 0 Å². The Labute approximate surface area is 154 Å². The van der Waals surface area contributed by atoms with E-state index in [4.69, 9.17) is 5.10 Å². The van der Waals surface area contributed by atoms with Crippen molar-refractivity contribution in [3.8, 4) is 0 Å². The average Bonchev–Trinajstić information content (AvgIpc) is 3.40. The molecule has 0 aromatic carbocycles. The molecule has 2 aliphatic carbocycles. The first-order valence-electron chi connectivity index (χ1n) is 10.3. The number of carbonyl (C=O) groups excluding carboxylic acids is 1. The van der Waals surface area contributed by atoms with Gasteiger partial charge in [-0.2, -0.15) is 9.61 Å². The third-order valence-corrected chi connectivity index (χ3v) is 6.59. The van der Waals surface area contributed by atoms with E-state index in [1.165, 1.54) is 43.4 Å². The summed E-state index contributed by atoms with van der Waals surface area (Å²) in [5.74, 6) is 2.33. The van der Waals surface area contributed by atoms with Gasteiger partial charge in [0.2, 0.25) is 5.91 Å². The Kier molecular flexibility index (Phi) is 4.14. The number of carbonyl (C=O) groups is 1. The van der Waals surface area contributed by atoms with Crippen LogP contribution in [0.1, 0.15) is 74.4 Å². The van der Waals surface area contributed by atoms with Crippen LogP contribution in [-0.2, 0) is 17.6 Å². The Morgan fingerprint density at radius 3 is 2.65 bits per heavy atom. The molecule has 1 aliphatic heterocycles. The highest BCUT2D eigenvalue weighted by molar-refractivity contribution is 5.76. The first-order valence-corrected chi connectivity index (χ1v) is 10.3. The second kappa shape index (κ2) is 6.63. The van der Waals surface area contributed by atoms with Crippen LogP contribution >= 0.6 is 0 Å². The molecular weight excluding hydrogens is 326 g/mol. The number of aromatic nitrogens is 4. The van der Waals surface area contributed by atoms with Crippen LogP contribution in [0.15, 0.2) is 6.07 Å². The van der Waals surface area contributed by atoms with Crippen LogP contribution in [0.5, 0.6) is 0 Å². The number of likely N-dealkylation sites (tertiary alicyclic amines) is 1. The maximum Gasteiger partial charge on any atom is 0.222 e. The summed E-state index contributed by atoms with van der Waals surface area (Å²) in [6.45, 7) is 1.69. The van der Waals surface area contributed by atoms with Crippen molar-refractivity contribution in [2.45, 2.75) is 70.1 Å². The number of amides is 1. The second-order valence-corrected chi connectivity index (χ2v) is 8.31. The SMILES string of the molecule is O=C(CC1CCCC1)N1CCC(c2nnc3cc4c(nn23)CCC4)CC1. The third kappa shape index (κ3) is 2.89. The van der Waals surface area contributed by atoms with Gasteiger partial charge in [-0.1, -0.05) is 12.8 Å². The molecule has 3 aliphatic rings. The lowest BCUT2D eigenvalue weighted by molar-refractivity contribution is -0.133. The fraction of sp³-hybridized carbons (Fsp3) is 0.700. The standard InChI is InChI=1S/C20H27N5O/c26-19(12-14-4-1-2-5-14)24-10-8-15(9-11-24)20-22-21-18-13-16-6-3-7-17(16)23-25(18)20/h13-15H,1-12H2. The van der Waals surface area contributed by atoms with E-state index in [0.29, 0.717) is 17.7 Å². The number of aryl methyl sites for hydroxylation is 2. The quantitative estimate of drug-likeness (QED) is 0.851. The Bertz CT molecular complexity index is 815. The van der Waals surface area contributed by atoms with Gasteiger partial charge in [-0.15, -0.1) is 10.2 Å². The molecule has 6 nitrogen and oxygen atoms in total. The van der Waals surface area contributed by atoms with Crippen LogP contribution in [0, 0.1) is 5.92 Å². The van der Waals surface area contributed by atoms with E-state index in [9.17, 15) is 4.79 Å². The number of fused-ring (bicyclic) bond motifs is 2. The summed E-state index contributed by atoms with van der Waals surface area (Å²) >= 11 is 0. The zero-order chi connectivity index (χ0) is 17.5. The fourth-order valence-corrected chi connectivity index (χ4v) is 5.03. The minimum Gasteiger partial charge on any atom is -0.343 e. The third-order valence-electron chi connectivity index (χ3n) is 6.59. The molecule has 0 spiro atoms. The zero-order valence-corrected chi connectivity index (χ0v) is 15.4. The van der Waals surface area contributed by atoms with E-state index in [0.717, 1.165) is 56.7 Å². The Balaban J connectivity index is 1.26. The summed E-state index contributed by atoms with van der Waals surface area (Å²) in [5, 5.41) is 13.6. The summed E-state index contributed by atoms with van der Waals surface area (Å²) in [6, 6.07) is 2.16. The minimum absolute atomic E-state index is 0.354. The van der Waals surface area contributed by atoms with Crippen molar-refractivity contribution in [1.29, 1.82) is 0 Å². The Morgan fingerprint density at radius 2 is 1.85 bits per heavy atom. The van der Waals surface area contributed by atoms with Crippen molar-refractivity contribution < 1.29 is 4.79 Å². The highest BCUT2D eigenvalue weighted by atomic mass is 16.2. The summed E-state index contributed by atoms with van der Waals surface area (Å²) < 4.78 is 1.96. The average molecular weight is 353 g/mol. The molecule has 2 aromatic rings. The lowest BCUT2D eigenvalue weighted by Crippen LogP contribution is -2.38. The first kappa shape index (κ1) is 16.2. The molecule has 0 unspecified atom stereocenters. The van der Waals surface area contributed by atoms with E-state index in [-0.39, 0.29) is 0 Å². The molecule has 0 radical (unpaired) electrons. The lowest BCUT2D eigenvalue weighted by atomic mass is 9.95. The molecule has 0 N–H and O–H groups in total. The maximum absolute atomic E-state index is 12.6. The Hall–Kier alpha value is -1.98. The van der Waals surface area contributed by atoms with Gasteiger partial charge < -0.3 is 4.90 Å². The van der Waals surface area contributed by atoms with Crippen LogP contribution < -0.4 is 0 Å². The van der Waals surface area contributed by atoms with Gasteiger partial charge in [-0.05, 0) is 62.5 Å². The molecule has 1 saturated carbocycles. The molecule has 1 saturated heterocycles. The highest BCUT2D eigenvalue weighted by Crippen LogP contribution is 2.31. The van der Waals surface area contributed by atoms with E-state index in [1.54, 1.807) is 0 Å². The molecule has 6 heteroatoms. The molecule has 5 rings (SSSR count). The number of rotatable bonds is 3. The van der Waals surface area contributed by atoms with Crippen LogP contribution in [0.3, 0.4) is 0 Å². The molecule has 2 aromatic heterocycles. The van der Waals surface area contributed by atoms with E-state index in [2.05, 4.69) is 21.2 Å². The van der Waals surface area contributed by atoms with Crippen molar-refractivity contribution in [2.24, 2.45) is 5.92 Å². The zero-order valence-electron chi connectivity index (χ0n) is 15.4. The molecule has 1 amide bonds. The molecule has 0 atom stereocenters. The van der Waals surface area contributed by atoms with E-state index in [1.807, 2.05) is 4.52 Å². The van der Waals surface area contributed by atoms with Crippen molar-refractivity contribution in [3.05, 3.63) is 23.1 Å². The van der Waals surface area contributed by atoms with Gasteiger partial charge in [-0.3, -0.25) is 4.79 Å². The molecular formula is C20H27N5O. The van der Waals surface area contributed by atoms with Gasteiger partial charge in [-0.25, -0.2) is 0 Å².